The average molecular weight is 468 g/mol. The second-order valence-electron chi connectivity index (χ2n) is 7.48. The van der Waals surface area contributed by atoms with Crippen LogP contribution in [0.25, 0.3) is 0 Å². The Bertz CT molecular complexity index is 1150. The maximum Gasteiger partial charge on any atom is 0.251 e. The van der Waals surface area contributed by atoms with Gasteiger partial charge in [-0.3, -0.25) is 4.79 Å². The van der Waals surface area contributed by atoms with Crippen LogP contribution < -0.4 is 10.5 Å². The number of nitrogens with two attached hydrogens (primary N) is 1. The van der Waals surface area contributed by atoms with E-state index in [9.17, 15) is 21.6 Å². The standard InChI is InChI=1S/C20H25N3O6S2/c1-14-12-23(13-15(2)29-14)31(27,28)19-5-3-4-17(10-19)20(24)22-11-16-6-8-18(9-7-16)30(21,25)26/h3-10,14-15H,11-13H2,1-2H3,(H,22,24)(H2,21,25,26)/t14-,15-/m1/s1. The van der Waals surface area contributed by atoms with Gasteiger partial charge >= 0.3 is 0 Å². The molecule has 2 aromatic carbocycles. The van der Waals surface area contributed by atoms with Crippen molar-refractivity contribution in [1.82, 2.24) is 9.62 Å². The molecule has 1 aliphatic rings. The Morgan fingerprint density at radius 2 is 1.65 bits per heavy atom. The molecule has 1 fully saturated rings. The van der Waals surface area contributed by atoms with Gasteiger partial charge in [0.2, 0.25) is 20.0 Å². The Balaban J connectivity index is 1.71. The second-order valence-corrected chi connectivity index (χ2v) is 11.0. The summed E-state index contributed by atoms with van der Waals surface area (Å²) in [4.78, 5) is 12.6. The van der Waals surface area contributed by atoms with Crippen molar-refractivity contribution in [3.8, 4) is 0 Å². The van der Waals surface area contributed by atoms with E-state index in [-0.39, 0.29) is 47.2 Å². The Morgan fingerprint density at radius 3 is 2.23 bits per heavy atom. The van der Waals surface area contributed by atoms with E-state index >= 15 is 0 Å². The molecule has 0 bridgehead atoms. The smallest absolute Gasteiger partial charge is 0.251 e. The Hall–Kier alpha value is -2.31. The summed E-state index contributed by atoms with van der Waals surface area (Å²) in [7, 11) is -7.55. The topological polar surface area (TPSA) is 136 Å². The number of sulfonamides is 2. The molecule has 3 N–H and O–H groups in total. The van der Waals surface area contributed by atoms with Gasteiger partial charge in [-0.2, -0.15) is 4.31 Å². The molecule has 0 saturated carbocycles. The van der Waals surface area contributed by atoms with Crippen LogP contribution in [0.5, 0.6) is 0 Å². The van der Waals surface area contributed by atoms with Crippen LogP contribution in [0.4, 0.5) is 0 Å². The van der Waals surface area contributed by atoms with Gasteiger partial charge in [0.25, 0.3) is 5.91 Å². The molecule has 2 atom stereocenters. The van der Waals surface area contributed by atoms with Crippen molar-refractivity contribution in [2.45, 2.75) is 42.4 Å². The molecular weight excluding hydrogens is 442 g/mol. The quantitative estimate of drug-likeness (QED) is 0.652. The van der Waals surface area contributed by atoms with Gasteiger partial charge < -0.3 is 10.1 Å². The van der Waals surface area contributed by atoms with E-state index in [0.29, 0.717) is 5.56 Å². The lowest BCUT2D eigenvalue weighted by molar-refractivity contribution is -0.0440. The zero-order valence-corrected chi connectivity index (χ0v) is 18.8. The van der Waals surface area contributed by atoms with Crippen LogP contribution in [-0.2, 0) is 31.3 Å². The lowest BCUT2D eigenvalue weighted by Gasteiger charge is -2.34. The van der Waals surface area contributed by atoms with Crippen LogP contribution in [0.2, 0.25) is 0 Å². The highest BCUT2D eigenvalue weighted by molar-refractivity contribution is 7.89. The number of ether oxygens (including phenoxy) is 1. The number of morpholine rings is 1. The lowest BCUT2D eigenvalue weighted by Crippen LogP contribution is -2.48. The first-order chi connectivity index (χ1) is 14.5. The number of carbonyl (C=O) groups excluding carboxylic acids is 1. The molecule has 0 unspecified atom stereocenters. The number of nitrogens with zero attached hydrogens (tertiary/aromatic N) is 1. The van der Waals surface area contributed by atoms with Crippen LogP contribution in [0, 0.1) is 0 Å². The van der Waals surface area contributed by atoms with E-state index < -0.39 is 26.0 Å². The molecule has 0 radical (unpaired) electrons. The Kier molecular flexibility index (Phi) is 6.82. The summed E-state index contributed by atoms with van der Waals surface area (Å²) < 4.78 is 55.6. The summed E-state index contributed by atoms with van der Waals surface area (Å²) in [5, 5.41) is 7.76. The summed E-state index contributed by atoms with van der Waals surface area (Å²) in [6.45, 7) is 4.27. The fourth-order valence-electron chi connectivity index (χ4n) is 3.36. The monoisotopic (exact) mass is 467 g/mol. The van der Waals surface area contributed by atoms with E-state index in [1.807, 2.05) is 13.8 Å². The fourth-order valence-corrected chi connectivity index (χ4v) is 5.51. The first-order valence-corrected chi connectivity index (χ1v) is 12.6. The van der Waals surface area contributed by atoms with E-state index in [1.54, 1.807) is 12.1 Å². The molecule has 9 nitrogen and oxygen atoms in total. The fraction of sp³-hybridized carbons (Fsp3) is 0.350. The highest BCUT2D eigenvalue weighted by Gasteiger charge is 2.32. The van der Waals surface area contributed by atoms with Crippen molar-refractivity contribution < 1.29 is 26.4 Å². The van der Waals surface area contributed by atoms with Gasteiger partial charge in [0.15, 0.2) is 0 Å². The van der Waals surface area contributed by atoms with E-state index in [2.05, 4.69) is 5.32 Å². The first kappa shape index (κ1) is 23.4. The SMILES string of the molecule is C[C@@H]1CN(S(=O)(=O)c2cccc(C(=O)NCc3ccc(S(N)(=O)=O)cc3)c2)C[C@@H](C)O1. The largest absolute Gasteiger partial charge is 0.373 e. The van der Waals surface area contributed by atoms with Crippen molar-refractivity contribution in [2.24, 2.45) is 5.14 Å². The highest BCUT2D eigenvalue weighted by atomic mass is 32.2. The van der Waals surface area contributed by atoms with E-state index in [1.165, 1.54) is 40.7 Å². The minimum Gasteiger partial charge on any atom is -0.373 e. The van der Waals surface area contributed by atoms with Gasteiger partial charge in [-0.25, -0.2) is 22.0 Å². The highest BCUT2D eigenvalue weighted by Crippen LogP contribution is 2.22. The predicted octanol–water partition coefficient (Wildman–Crippen LogP) is 1.06. The lowest BCUT2D eigenvalue weighted by atomic mass is 10.2. The van der Waals surface area contributed by atoms with Gasteiger partial charge in [0.05, 0.1) is 22.0 Å². The van der Waals surface area contributed by atoms with E-state index in [4.69, 9.17) is 9.88 Å². The van der Waals surface area contributed by atoms with Crippen molar-refractivity contribution in [1.29, 1.82) is 0 Å². The molecule has 168 valence electrons. The normalized spacial score (nSPS) is 20.4. The third-order valence-electron chi connectivity index (χ3n) is 4.83. The van der Waals surface area contributed by atoms with Gasteiger partial charge in [-0.1, -0.05) is 18.2 Å². The predicted molar refractivity (Wildman–Crippen MR) is 114 cm³/mol. The van der Waals surface area contributed by atoms with Crippen LogP contribution in [0.1, 0.15) is 29.8 Å². The average Bonchev–Trinajstić information content (AvgIpc) is 2.71. The van der Waals surface area contributed by atoms with Crippen LogP contribution in [0.3, 0.4) is 0 Å². The first-order valence-electron chi connectivity index (χ1n) is 9.62. The van der Waals surface area contributed by atoms with Crippen LogP contribution in [0.15, 0.2) is 58.3 Å². The van der Waals surface area contributed by atoms with Gasteiger partial charge in [0, 0.05) is 25.2 Å². The minimum atomic E-state index is -3.79. The number of hydrogen-bond acceptors (Lipinski definition) is 6. The number of hydrogen-bond donors (Lipinski definition) is 2. The van der Waals surface area contributed by atoms with Gasteiger partial charge in [-0.15, -0.1) is 0 Å². The van der Waals surface area contributed by atoms with Crippen molar-refractivity contribution in [3.05, 3.63) is 59.7 Å². The third-order valence-corrected chi connectivity index (χ3v) is 7.58. The van der Waals surface area contributed by atoms with Gasteiger partial charge in [-0.05, 0) is 49.7 Å². The molecule has 1 saturated heterocycles. The van der Waals surface area contributed by atoms with Gasteiger partial charge in [0.1, 0.15) is 0 Å². The number of amides is 1. The summed E-state index contributed by atoms with van der Waals surface area (Å²) in [6, 6.07) is 11.7. The maximum atomic E-state index is 13.0. The molecule has 0 spiro atoms. The Morgan fingerprint density at radius 1 is 1.03 bits per heavy atom. The molecule has 1 heterocycles. The molecule has 31 heavy (non-hydrogen) atoms. The summed E-state index contributed by atoms with van der Waals surface area (Å²) >= 11 is 0. The Labute approximate surface area is 182 Å². The summed E-state index contributed by atoms with van der Waals surface area (Å²) in [5.74, 6) is -0.448. The van der Waals surface area contributed by atoms with Crippen molar-refractivity contribution in [3.63, 3.8) is 0 Å². The van der Waals surface area contributed by atoms with Crippen LogP contribution in [-0.4, -0.2) is 52.3 Å². The summed E-state index contributed by atoms with van der Waals surface area (Å²) in [6.07, 6.45) is -0.434. The van der Waals surface area contributed by atoms with Crippen LogP contribution >= 0.6 is 0 Å². The molecule has 3 rings (SSSR count). The number of primary sulfonamides is 1. The third kappa shape index (κ3) is 5.69. The number of benzene rings is 2. The second kappa shape index (κ2) is 9.05. The molecule has 2 aromatic rings. The molecule has 1 amide bonds. The molecular formula is C20H25N3O6S2. The maximum absolute atomic E-state index is 13.0. The number of carbonyl (C=O) groups is 1. The number of rotatable bonds is 6. The number of nitrogens with one attached hydrogen (secondary N) is 1. The zero-order chi connectivity index (χ0) is 22.8. The van der Waals surface area contributed by atoms with Crippen molar-refractivity contribution >= 4 is 26.0 Å². The zero-order valence-electron chi connectivity index (χ0n) is 17.2. The summed E-state index contributed by atoms with van der Waals surface area (Å²) in [5.41, 5.74) is 0.873. The molecule has 0 aromatic heterocycles. The molecule has 1 aliphatic heterocycles. The minimum absolute atomic E-state index is 0.0211. The molecule has 11 heteroatoms. The molecule has 0 aliphatic carbocycles. The van der Waals surface area contributed by atoms with E-state index in [0.717, 1.165) is 0 Å². The van der Waals surface area contributed by atoms with Crippen molar-refractivity contribution in [2.75, 3.05) is 13.1 Å².